The second-order valence-corrected chi connectivity index (χ2v) is 5.55. The summed E-state index contributed by atoms with van der Waals surface area (Å²) in [7, 11) is 0. The van der Waals surface area contributed by atoms with Crippen LogP contribution in [0.2, 0.25) is 0 Å². The van der Waals surface area contributed by atoms with Crippen molar-refractivity contribution >= 4 is 5.97 Å². The Kier molecular flexibility index (Phi) is 4.22. The molecule has 0 radical (unpaired) electrons. The Morgan fingerprint density at radius 1 is 1.45 bits per heavy atom. The number of carboxylic acids is 1. The number of benzene rings is 1. The number of carbonyl (C=O) groups is 1. The minimum atomic E-state index is -0.897. The maximum atomic E-state index is 10.9. The van der Waals surface area contributed by atoms with E-state index in [1.54, 1.807) is 12.1 Å². The maximum absolute atomic E-state index is 10.9. The van der Waals surface area contributed by atoms with E-state index in [-0.39, 0.29) is 6.10 Å². The highest BCUT2D eigenvalue weighted by atomic mass is 16.5. The largest absolute Gasteiger partial charge is 0.478 e. The molecule has 1 aliphatic heterocycles. The molecule has 6 nitrogen and oxygen atoms in total. The van der Waals surface area contributed by atoms with Crippen molar-refractivity contribution in [1.82, 2.24) is 14.9 Å². The number of imidazole rings is 1. The molecule has 1 aromatic carbocycles. The van der Waals surface area contributed by atoms with Crippen molar-refractivity contribution in [2.75, 3.05) is 19.7 Å². The van der Waals surface area contributed by atoms with Gasteiger partial charge in [0.15, 0.2) is 0 Å². The number of morpholine rings is 1. The van der Waals surface area contributed by atoms with Crippen LogP contribution in [0.4, 0.5) is 0 Å². The molecule has 2 heterocycles. The molecule has 6 heteroatoms. The lowest BCUT2D eigenvalue weighted by Crippen LogP contribution is -2.38. The zero-order chi connectivity index (χ0) is 15.5. The number of ether oxygens (including phenoxy) is 1. The molecular formula is C16H19N3O3. The summed E-state index contributed by atoms with van der Waals surface area (Å²) in [6, 6.07) is 7.02. The summed E-state index contributed by atoms with van der Waals surface area (Å²) in [6.07, 6.45) is 1.77. The summed E-state index contributed by atoms with van der Waals surface area (Å²) in [5, 5.41) is 8.92. The molecule has 1 aliphatic rings. The zero-order valence-electron chi connectivity index (χ0n) is 12.5. The van der Waals surface area contributed by atoms with Gasteiger partial charge >= 0.3 is 5.97 Å². The van der Waals surface area contributed by atoms with Crippen LogP contribution < -0.4 is 0 Å². The summed E-state index contributed by atoms with van der Waals surface area (Å²) in [6.45, 7) is 5.04. The SMILES string of the molecule is Cc1cnc(C2CN(Cc3ccc(C(=O)O)cc3)CCO2)[nH]1. The van der Waals surface area contributed by atoms with E-state index < -0.39 is 5.97 Å². The van der Waals surface area contributed by atoms with Gasteiger partial charge in [-0.15, -0.1) is 0 Å². The lowest BCUT2D eigenvalue weighted by molar-refractivity contribution is -0.0368. The monoisotopic (exact) mass is 301 g/mol. The van der Waals surface area contributed by atoms with Gasteiger partial charge in [-0.3, -0.25) is 4.90 Å². The maximum Gasteiger partial charge on any atom is 0.335 e. The molecule has 1 atom stereocenters. The first-order chi connectivity index (χ1) is 10.6. The number of aryl methyl sites for hydroxylation is 1. The number of aromatic carboxylic acids is 1. The van der Waals surface area contributed by atoms with Gasteiger partial charge in [0.25, 0.3) is 0 Å². The van der Waals surface area contributed by atoms with E-state index in [9.17, 15) is 4.79 Å². The topological polar surface area (TPSA) is 78.5 Å². The Morgan fingerprint density at radius 3 is 2.86 bits per heavy atom. The van der Waals surface area contributed by atoms with Gasteiger partial charge in [0.05, 0.1) is 12.2 Å². The van der Waals surface area contributed by atoms with E-state index in [1.807, 2.05) is 25.3 Å². The predicted molar refractivity (Wildman–Crippen MR) is 80.7 cm³/mol. The van der Waals surface area contributed by atoms with Crippen LogP contribution in [0.3, 0.4) is 0 Å². The Labute approximate surface area is 128 Å². The summed E-state index contributed by atoms with van der Waals surface area (Å²) in [4.78, 5) is 20.7. The molecule has 2 aromatic rings. The van der Waals surface area contributed by atoms with Crippen LogP contribution in [0.25, 0.3) is 0 Å². The summed E-state index contributed by atoms with van der Waals surface area (Å²) in [5.41, 5.74) is 2.44. The second-order valence-electron chi connectivity index (χ2n) is 5.55. The molecule has 0 bridgehead atoms. The average Bonchev–Trinajstić information content (AvgIpc) is 2.95. The van der Waals surface area contributed by atoms with Crippen molar-refractivity contribution in [1.29, 1.82) is 0 Å². The lowest BCUT2D eigenvalue weighted by atomic mass is 10.1. The summed E-state index contributed by atoms with van der Waals surface area (Å²) in [5.74, 6) is -0.0328. The number of aromatic amines is 1. The fourth-order valence-electron chi connectivity index (χ4n) is 2.62. The molecule has 1 saturated heterocycles. The van der Waals surface area contributed by atoms with Gasteiger partial charge in [0.1, 0.15) is 11.9 Å². The number of hydrogen-bond acceptors (Lipinski definition) is 4. The first kappa shape index (κ1) is 14.7. The normalized spacial score (nSPS) is 19.2. The van der Waals surface area contributed by atoms with Crippen LogP contribution in [-0.4, -0.2) is 45.6 Å². The number of nitrogens with zero attached hydrogens (tertiary/aromatic N) is 2. The highest BCUT2D eigenvalue weighted by Crippen LogP contribution is 2.21. The van der Waals surface area contributed by atoms with Crippen LogP contribution in [-0.2, 0) is 11.3 Å². The summed E-state index contributed by atoms with van der Waals surface area (Å²) >= 11 is 0. The highest BCUT2D eigenvalue weighted by Gasteiger charge is 2.24. The fraction of sp³-hybridized carbons (Fsp3) is 0.375. The van der Waals surface area contributed by atoms with Gasteiger partial charge in [0.2, 0.25) is 0 Å². The van der Waals surface area contributed by atoms with Crippen LogP contribution >= 0.6 is 0 Å². The van der Waals surface area contributed by atoms with Crippen LogP contribution in [0.15, 0.2) is 30.5 Å². The van der Waals surface area contributed by atoms with Gasteiger partial charge < -0.3 is 14.8 Å². The molecule has 0 spiro atoms. The first-order valence-electron chi connectivity index (χ1n) is 7.29. The first-order valence-corrected chi connectivity index (χ1v) is 7.29. The van der Waals surface area contributed by atoms with E-state index in [0.29, 0.717) is 12.2 Å². The molecule has 0 amide bonds. The quantitative estimate of drug-likeness (QED) is 0.903. The lowest BCUT2D eigenvalue weighted by Gasteiger charge is -2.32. The van der Waals surface area contributed by atoms with Gasteiger partial charge in [-0.25, -0.2) is 9.78 Å². The number of aromatic nitrogens is 2. The number of H-pyrrole nitrogens is 1. The molecule has 1 fully saturated rings. The van der Waals surface area contributed by atoms with Gasteiger partial charge in [-0.2, -0.15) is 0 Å². The third-order valence-electron chi connectivity index (χ3n) is 3.79. The minimum Gasteiger partial charge on any atom is -0.478 e. The standard InChI is InChI=1S/C16H19N3O3/c1-11-8-17-15(18-11)14-10-19(6-7-22-14)9-12-2-4-13(5-3-12)16(20)21/h2-5,8,14H,6-7,9-10H2,1H3,(H,17,18)(H,20,21). The summed E-state index contributed by atoms with van der Waals surface area (Å²) < 4.78 is 5.78. The van der Waals surface area contributed by atoms with E-state index in [0.717, 1.165) is 36.7 Å². The minimum absolute atomic E-state index is 0.0410. The van der Waals surface area contributed by atoms with Crippen molar-refractivity contribution in [2.45, 2.75) is 19.6 Å². The molecule has 0 saturated carbocycles. The van der Waals surface area contributed by atoms with Crippen molar-refractivity contribution in [3.05, 3.63) is 53.1 Å². The van der Waals surface area contributed by atoms with Crippen LogP contribution in [0.1, 0.15) is 33.5 Å². The number of hydrogen-bond donors (Lipinski definition) is 2. The van der Waals surface area contributed by atoms with Crippen molar-refractivity contribution in [2.24, 2.45) is 0 Å². The van der Waals surface area contributed by atoms with Crippen molar-refractivity contribution < 1.29 is 14.6 Å². The molecule has 116 valence electrons. The van der Waals surface area contributed by atoms with E-state index in [1.165, 1.54) is 0 Å². The molecule has 1 unspecified atom stereocenters. The molecule has 0 aliphatic carbocycles. The molecule has 1 aromatic heterocycles. The fourth-order valence-corrected chi connectivity index (χ4v) is 2.62. The van der Waals surface area contributed by atoms with Crippen molar-refractivity contribution in [3.8, 4) is 0 Å². The van der Waals surface area contributed by atoms with Gasteiger partial charge in [0, 0.05) is 31.5 Å². The number of nitrogens with one attached hydrogen (secondary N) is 1. The Bertz CT molecular complexity index is 651. The van der Waals surface area contributed by atoms with Crippen molar-refractivity contribution in [3.63, 3.8) is 0 Å². The Balaban J connectivity index is 1.63. The molecule has 22 heavy (non-hydrogen) atoms. The second kappa shape index (κ2) is 6.29. The smallest absolute Gasteiger partial charge is 0.335 e. The predicted octanol–water partition coefficient (Wildman–Crippen LogP) is 1.99. The molecule has 2 N–H and O–H groups in total. The number of carboxylic acid groups (broad SMARTS) is 1. The van der Waals surface area contributed by atoms with E-state index in [2.05, 4.69) is 14.9 Å². The Morgan fingerprint density at radius 2 is 2.23 bits per heavy atom. The number of rotatable bonds is 4. The Hall–Kier alpha value is -2.18. The molecule has 3 rings (SSSR count). The average molecular weight is 301 g/mol. The third-order valence-corrected chi connectivity index (χ3v) is 3.79. The molecular weight excluding hydrogens is 282 g/mol. The van der Waals surface area contributed by atoms with Gasteiger partial charge in [-0.1, -0.05) is 12.1 Å². The zero-order valence-corrected chi connectivity index (χ0v) is 12.5. The van der Waals surface area contributed by atoms with Crippen LogP contribution in [0, 0.1) is 6.92 Å². The van der Waals surface area contributed by atoms with Gasteiger partial charge in [-0.05, 0) is 24.6 Å². The highest BCUT2D eigenvalue weighted by molar-refractivity contribution is 5.87. The van der Waals surface area contributed by atoms with E-state index in [4.69, 9.17) is 9.84 Å². The third kappa shape index (κ3) is 3.35. The van der Waals surface area contributed by atoms with E-state index >= 15 is 0 Å². The van der Waals surface area contributed by atoms with Crippen LogP contribution in [0.5, 0.6) is 0 Å².